The Hall–Kier alpha value is -3.53. The van der Waals surface area contributed by atoms with Crippen LogP contribution in [0.25, 0.3) is 0 Å². The van der Waals surface area contributed by atoms with Gasteiger partial charge in [-0.15, -0.1) is 0 Å². The average molecular weight is 471 g/mol. The van der Waals surface area contributed by atoms with Gasteiger partial charge in [-0.2, -0.15) is 0 Å². The van der Waals surface area contributed by atoms with E-state index in [2.05, 4.69) is 16.0 Å². The summed E-state index contributed by atoms with van der Waals surface area (Å²) in [5.74, 6) is -1.07. The predicted molar refractivity (Wildman–Crippen MR) is 125 cm³/mol. The first-order chi connectivity index (χ1) is 15.8. The Kier molecular flexibility index (Phi) is 5.04. The second-order valence-electron chi connectivity index (χ2n) is 8.46. The molecule has 2 heterocycles. The number of hydrogen-bond donors (Lipinski definition) is 3. The zero-order valence-electron chi connectivity index (χ0n) is 17.8. The lowest BCUT2D eigenvalue weighted by molar-refractivity contribution is -0.123. The Balaban J connectivity index is 0.00000171. The van der Waals surface area contributed by atoms with Crippen LogP contribution < -0.4 is 20.9 Å². The van der Waals surface area contributed by atoms with Crippen molar-refractivity contribution < 1.29 is 26.2 Å². The third-order valence-corrected chi connectivity index (χ3v) is 8.16. The van der Waals surface area contributed by atoms with Crippen molar-refractivity contribution in [2.24, 2.45) is 0 Å². The Morgan fingerprint density at radius 1 is 1.18 bits per heavy atom. The van der Waals surface area contributed by atoms with Crippen LogP contribution in [0.2, 0.25) is 0 Å². The van der Waals surface area contributed by atoms with Crippen LogP contribution in [0, 0.1) is 0 Å². The SMILES string of the molecule is CCC1C(=O)N(CC(=O)Nc2ccc3c(c2)CC2(C3)NC(=O)NC2=O)c2ccccc2S1=O.[HH].[HH]. The number of nitrogens with one attached hydrogen (secondary N) is 3. The van der Waals surface area contributed by atoms with Gasteiger partial charge in [-0.05, 0) is 41.8 Å². The lowest BCUT2D eigenvalue weighted by Gasteiger charge is -2.32. The van der Waals surface area contributed by atoms with Gasteiger partial charge >= 0.3 is 6.03 Å². The fourth-order valence-electron chi connectivity index (χ4n) is 4.75. The van der Waals surface area contributed by atoms with Crippen LogP contribution in [0.15, 0.2) is 47.4 Å². The monoisotopic (exact) mass is 470 g/mol. The van der Waals surface area contributed by atoms with Crippen LogP contribution >= 0.6 is 0 Å². The minimum atomic E-state index is -1.45. The molecule has 2 aromatic rings. The number of fused-ring (bicyclic) bond motifs is 2. The number of hydrogen-bond acceptors (Lipinski definition) is 5. The number of carbonyl (C=O) groups is 4. The maximum atomic E-state index is 13.0. The molecule has 0 saturated carbocycles. The summed E-state index contributed by atoms with van der Waals surface area (Å²) < 4.78 is 12.7. The highest BCUT2D eigenvalue weighted by Crippen LogP contribution is 2.35. The molecule has 1 fully saturated rings. The van der Waals surface area contributed by atoms with Crippen molar-refractivity contribution in [2.45, 2.75) is 41.9 Å². The van der Waals surface area contributed by atoms with E-state index in [-0.39, 0.29) is 27.1 Å². The summed E-state index contributed by atoms with van der Waals surface area (Å²) in [5.41, 5.74) is 1.84. The van der Waals surface area contributed by atoms with Crippen LogP contribution in [0.1, 0.15) is 27.3 Å². The van der Waals surface area contributed by atoms with Gasteiger partial charge in [0.1, 0.15) is 17.3 Å². The predicted octanol–water partition coefficient (Wildman–Crippen LogP) is 1.73. The first kappa shape index (κ1) is 21.3. The molecular formula is C23H26N4O5S. The Bertz CT molecular complexity index is 1260. The summed E-state index contributed by atoms with van der Waals surface area (Å²) in [6.07, 6.45) is 1.14. The highest BCUT2D eigenvalue weighted by Gasteiger charge is 2.50. The Labute approximate surface area is 195 Å². The van der Waals surface area contributed by atoms with Crippen LogP contribution in [-0.2, 0) is 38.0 Å². The number of nitrogens with zero attached hydrogens (tertiary/aromatic N) is 1. The molecule has 1 spiro atoms. The van der Waals surface area contributed by atoms with Crippen LogP contribution in [0.5, 0.6) is 0 Å². The molecule has 0 bridgehead atoms. The minimum absolute atomic E-state index is 0. The first-order valence-corrected chi connectivity index (χ1v) is 11.9. The van der Waals surface area contributed by atoms with Crippen molar-refractivity contribution in [1.82, 2.24) is 10.6 Å². The molecule has 1 saturated heterocycles. The van der Waals surface area contributed by atoms with Gasteiger partial charge in [0.2, 0.25) is 11.8 Å². The molecule has 2 aliphatic heterocycles. The largest absolute Gasteiger partial charge is 0.325 e. The highest BCUT2D eigenvalue weighted by atomic mass is 32.2. The number of carbonyl (C=O) groups excluding carboxylic acids is 4. The summed E-state index contributed by atoms with van der Waals surface area (Å²) in [5, 5.41) is 7.13. The lowest BCUT2D eigenvalue weighted by atomic mass is 9.96. The number of benzene rings is 2. The molecule has 3 unspecified atom stereocenters. The molecule has 1 aliphatic carbocycles. The van der Waals surface area contributed by atoms with Gasteiger partial charge in [-0.1, -0.05) is 25.1 Å². The number of para-hydroxylation sites is 1. The van der Waals surface area contributed by atoms with Gasteiger partial charge in [0.25, 0.3) is 5.91 Å². The number of imide groups is 1. The zero-order valence-corrected chi connectivity index (χ0v) is 18.7. The quantitative estimate of drug-likeness (QED) is 0.587. The highest BCUT2D eigenvalue weighted by molar-refractivity contribution is 7.86. The van der Waals surface area contributed by atoms with Crippen molar-refractivity contribution in [1.29, 1.82) is 0 Å². The van der Waals surface area contributed by atoms with E-state index in [0.29, 0.717) is 35.5 Å². The minimum Gasteiger partial charge on any atom is -0.325 e. The van der Waals surface area contributed by atoms with Crippen molar-refractivity contribution in [3.8, 4) is 0 Å². The molecule has 5 rings (SSSR count). The van der Waals surface area contributed by atoms with Crippen LogP contribution in [0.3, 0.4) is 0 Å². The van der Waals surface area contributed by atoms with Gasteiger partial charge in [-0.25, -0.2) is 4.79 Å². The average Bonchev–Trinajstić information content (AvgIpc) is 3.28. The summed E-state index contributed by atoms with van der Waals surface area (Å²) in [6, 6.07) is 11.8. The molecule has 174 valence electrons. The van der Waals surface area contributed by atoms with Gasteiger partial charge in [0.05, 0.1) is 21.4 Å². The summed E-state index contributed by atoms with van der Waals surface area (Å²) in [6.45, 7) is 1.60. The second kappa shape index (κ2) is 7.80. The van der Waals surface area contributed by atoms with E-state index < -0.39 is 27.6 Å². The van der Waals surface area contributed by atoms with Crippen molar-refractivity contribution in [3.05, 3.63) is 53.6 Å². The number of urea groups is 1. The normalized spacial score (nSPS) is 25.5. The maximum absolute atomic E-state index is 13.0. The standard InChI is InChI=1S/C23H22N4O5S.2H2/c1-2-17-20(29)27(16-5-3-4-6-18(16)33(17)32)12-19(28)24-15-8-7-13-10-23(11-14(13)9-15)21(30)25-22(31)26-23;;/h3-9,17H,2,10-12H2,1H3,(H,24,28)(H2,25,26,30,31);2*1H. The number of anilines is 2. The molecular weight excluding hydrogens is 444 g/mol. The van der Waals surface area contributed by atoms with E-state index in [1.165, 1.54) is 4.90 Å². The molecule has 2 aromatic carbocycles. The maximum Gasteiger partial charge on any atom is 0.322 e. The summed E-state index contributed by atoms with van der Waals surface area (Å²) in [4.78, 5) is 51.6. The van der Waals surface area contributed by atoms with Crippen molar-refractivity contribution in [2.75, 3.05) is 16.8 Å². The Morgan fingerprint density at radius 3 is 2.67 bits per heavy atom. The van der Waals surface area contributed by atoms with E-state index in [1.54, 1.807) is 43.3 Å². The number of amides is 5. The zero-order chi connectivity index (χ0) is 23.3. The molecule has 0 radical (unpaired) electrons. The lowest BCUT2D eigenvalue weighted by Crippen LogP contribution is -2.48. The van der Waals surface area contributed by atoms with E-state index in [9.17, 15) is 23.4 Å². The van der Waals surface area contributed by atoms with Crippen LogP contribution in [0.4, 0.5) is 16.2 Å². The van der Waals surface area contributed by atoms with Gasteiger partial charge in [0.15, 0.2) is 0 Å². The molecule has 3 N–H and O–H groups in total. The summed E-state index contributed by atoms with van der Waals surface area (Å²) in [7, 11) is -1.45. The molecule has 10 heteroatoms. The second-order valence-corrected chi connectivity index (χ2v) is 10.1. The van der Waals surface area contributed by atoms with Crippen molar-refractivity contribution in [3.63, 3.8) is 0 Å². The third-order valence-electron chi connectivity index (χ3n) is 6.33. The first-order valence-electron chi connectivity index (χ1n) is 10.7. The van der Waals surface area contributed by atoms with Gasteiger partial charge in [-0.3, -0.25) is 23.9 Å². The molecule has 9 nitrogen and oxygen atoms in total. The van der Waals surface area contributed by atoms with E-state index >= 15 is 0 Å². The molecule has 5 amide bonds. The molecule has 33 heavy (non-hydrogen) atoms. The van der Waals surface area contributed by atoms with E-state index in [0.717, 1.165) is 11.1 Å². The van der Waals surface area contributed by atoms with Gasteiger partial charge in [0, 0.05) is 21.4 Å². The third kappa shape index (κ3) is 3.50. The topological polar surface area (TPSA) is 125 Å². The number of rotatable bonds is 4. The van der Waals surface area contributed by atoms with Crippen molar-refractivity contribution >= 4 is 45.9 Å². The molecule has 3 atom stereocenters. The Morgan fingerprint density at radius 2 is 1.94 bits per heavy atom. The van der Waals surface area contributed by atoms with Gasteiger partial charge < -0.3 is 15.5 Å². The van der Waals surface area contributed by atoms with E-state index in [4.69, 9.17) is 0 Å². The fraction of sp³-hybridized carbons (Fsp3) is 0.304. The smallest absolute Gasteiger partial charge is 0.322 e. The van der Waals surface area contributed by atoms with Crippen LogP contribution in [-0.4, -0.2) is 45.3 Å². The molecule has 0 aromatic heterocycles. The van der Waals surface area contributed by atoms with E-state index in [1.807, 2.05) is 6.07 Å². The fourth-order valence-corrected chi connectivity index (χ4v) is 6.27. The molecule has 3 aliphatic rings. The summed E-state index contributed by atoms with van der Waals surface area (Å²) >= 11 is 0.